The average Bonchev–Trinajstić information content (AvgIpc) is 3.51. The molecule has 0 saturated heterocycles. The minimum atomic E-state index is -0.552. The van der Waals surface area contributed by atoms with Gasteiger partial charge in [0.2, 0.25) is 17.7 Å². The number of carbonyl (C=O) groups excluding carboxylic acids is 3. The number of rotatable bonds is 9. The molecule has 0 unspecified atom stereocenters. The minimum absolute atomic E-state index is 0.0280. The van der Waals surface area contributed by atoms with Crippen molar-refractivity contribution in [2.24, 2.45) is 0 Å². The van der Waals surface area contributed by atoms with Crippen molar-refractivity contribution >= 4 is 68.9 Å². The molecule has 3 N–H and O–H groups in total. The Morgan fingerprint density at radius 2 is 1.61 bits per heavy atom. The lowest BCUT2D eigenvalue weighted by molar-refractivity contribution is -0.121. The highest BCUT2D eigenvalue weighted by Gasteiger charge is 2.43. The van der Waals surface area contributed by atoms with Crippen LogP contribution in [0.4, 0.5) is 16.5 Å². The van der Waals surface area contributed by atoms with Crippen molar-refractivity contribution in [2.45, 2.75) is 43.8 Å². The number of benzene rings is 2. The topological polar surface area (TPSA) is 100 Å². The molecule has 0 bridgehead atoms. The second-order valence-electron chi connectivity index (χ2n) is 8.69. The van der Waals surface area contributed by atoms with Gasteiger partial charge in [-0.15, -0.1) is 23.1 Å². The van der Waals surface area contributed by atoms with Crippen molar-refractivity contribution in [3.05, 3.63) is 70.2 Å². The van der Waals surface area contributed by atoms with Crippen LogP contribution in [-0.2, 0) is 25.6 Å². The highest BCUT2D eigenvalue weighted by molar-refractivity contribution is 7.99. The van der Waals surface area contributed by atoms with Crippen molar-refractivity contribution in [1.82, 2.24) is 4.98 Å². The van der Waals surface area contributed by atoms with E-state index in [-0.39, 0.29) is 23.5 Å². The van der Waals surface area contributed by atoms with Gasteiger partial charge >= 0.3 is 0 Å². The maximum Gasteiger partial charge on any atom is 0.236 e. The molecule has 0 aliphatic heterocycles. The van der Waals surface area contributed by atoms with Gasteiger partial charge in [0.05, 0.1) is 16.9 Å². The second-order valence-corrected chi connectivity index (χ2v) is 11.0. The predicted octanol–water partition coefficient (Wildman–Crippen LogP) is 6.08. The number of thiazole rings is 1. The number of hydrogen-bond donors (Lipinski definition) is 3. The maximum absolute atomic E-state index is 13.3. The van der Waals surface area contributed by atoms with E-state index in [4.69, 9.17) is 11.6 Å². The molecular weight excluding hydrogens is 516 g/mol. The van der Waals surface area contributed by atoms with Crippen LogP contribution in [0.5, 0.6) is 0 Å². The molecule has 0 atom stereocenters. The summed E-state index contributed by atoms with van der Waals surface area (Å²) < 4.78 is 0. The van der Waals surface area contributed by atoms with Crippen LogP contribution < -0.4 is 16.0 Å². The zero-order valence-corrected chi connectivity index (χ0v) is 22.2. The Bertz CT molecular complexity index is 1220. The molecule has 188 valence electrons. The number of aromatic nitrogens is 1. The van der Waals surface area contributed by atoms with E-state index < -0.39 is 5.41 Å². The Hall–Kier alpha value is -2.88. The SMILES string of the molecule is CC(=O)Nc1ccc(NC(=O)CSCc2csc(NC(=O)C3(c4ccc(Cl)cc4)CCCC3)n2)cc1. The Labute approximate surface area is 223 Å². The number of nitrogens with zero attached hydrogens (tertiary/aromatic N) is 1. The fourth-order valence-electron chi connectivity index (χ4n) is 4.33. The van der Waals surface area contributed by atoms with Crippen LogP contribution in [0.1, 0.15) is 43.9 Å². The third kappa shape index (κ3) is 6.66. The van der Waals surface area contributed by atoms with Crippen LogP contribution in [-0.4, -0.2) is 28.5 Å². The molecule has 10 heteroatoms. The Balaban J connectivity index is 1.27. The Morgan fingerprint density at radius 1 is 0.972 bits per heavy atom. The van der Waals surface area contributed by atoms with E-state index in [1.165, 1.54) is 30.0 Å². The van der Waals surface area contributed by atoms with Crippen LogP contribution in [0.3, 0.4) is 0 Å². The summed E-state index contributed by atoms with van der Waals surface area (Å²) in [5.74, 6) is 0.533. The largest absolute Gasteiger partial charge is 0.326 e. The van der Waals surface area contributed by atoms with E-state index >= 15 is 0 Å². The summed E-state index contributed by atoms with van der Waals surface area (Å²) in [7, 11) is 0. The maximum atomic E-state index is 13.3. The third-order valence-corrected chi connectivity index (χ3v) is 8.06. The minimum Gasteiger partial charge on any atom is -0.326 e. The zero-order valence-electron chi connectivity index (χ0n) is 19.8. The molecule has 1 fully saturated rings. The van der Waals surface area contributed by atoms with Gasteiger partial charge in [-0.25, -0.2) is 4.98 Å². The summed E-state index contributed by atoms with van der Waals surface area (Å²) in [4.78, 5) is 41.2. The molecular formula is C26H27ClN4O3S2. The molecule has 1 aliphatic carbocycles. The standard InChI is InChI=1S/C26H27ClN4O3S2/c1-17(32)28-20-8-10-21(11-9-20)29-23(33)16-35-14-22-15-36-25(30-22)31-24(34)26(12-2-3-13-26)18-4-6-19(27)7-5-18/h4-11,15H,2-3,12-14,16H2,1H3,(H,28,32)(H,29,33)(H,30,31,34). The van der Waals surface area contributed by atoms with E-state index in [1.807, 2.05) is 29.6 Å². The fourth-order valence-corrected chi connectivity index (χ4v) is 5.98. The lowest BCUT2D eigenvalue weighted by Gasteiger charge is -2.27. The molecule has 1 aliphatic rings. The Morgan fingerprint density at radius 3 is 2.25 bits per heavy atom. The highest BCUT2D eigenvalue weighted by Crippen LogP contribution is 2.42. The van der Waals surface area contributed by atoms with Crippen molar-refractivity contribution in [3.8, 4) is 0 Å². The summed E-state index contributed by atoms with van der Waals surface area (Å²) in [5.41, 5.74) is 2.59. The first-order valence-corrected chi connectivity index (χ1v) is 14.0. The summed E-state index contributed by atoms with van der Waals surface area (Å²) >= 11 is 8.89. The number of anilines is 3. The molecule has 4 rings (SSSR count). The van der Waals surface area contributed by atoms with Gasteiger partial charge in [-0.3, -0.25) is 14.4 Å². The lowest BCUT2D eigenvalue weighted by Crippen LogP contribution is -2.37. The van der Waals surface area contributed by atoms with Gasteiger partial charge < -0.3 is 16.0 Å². The molecule has 1 saturated carbocycles. The van der Waals surface area contributed by atoms with E-state index in [9.17, 15) is 14.4 Å². The molecule has 1 heterocycles. The second kappa shape index (κ2) is 11.9. The molecule has 2 aromatic carbocycles. The number of carbonyl (C=O) groups is 3. The summed E-state index contributed by atoms with van der Waals surface area (Å²) in [5, 5.41) is 11.7. The van der Waals surface area contributed by atoms with E-state index in [0.29, 0.717) is 27.3 Å². The molecule has 0 spiro atoms. The Kier molecular flexibility index (Phi) is 8.66. The first kappa shape index (κ1) is 26.2. The molecule has 7 nitrogen and oxygen atoms in total. The quantitative estimate of drug-likeness (QED) is 0.304. The van der Waals surface area contributed by atoms with Gasteiger partial charge in [0.25, 0.3) is 0 Å². The highest BCUT2D eigenvalue weighted by atomic mass is 35.5. The molecule has 3 amide bonds. The van der Waals surface area contributed by atoms with Gasteiger partial charge in [0.1, 0.15) is 0 Å². The van der Waals surface area contributed by atoms with Crippen LogP contribution in [0.15, 0.2) is 53.9 Å². The van der Waals surface area contributed by atoms with Gasteiger partial charge in [-0.05, 0) is 54.8 Å². The van der Waals surface area contributed by atoms with Crippen LogP contribution in [0, 0.1) is 0 Å². The van der Waals surface area contributed by atoms with E-state index in [1.54, 1.807) is 24.3 Å². The monoisotopic (exact) mass is 542 g/mol. The molecule has 1 aromatic heterocycles. The van der Waals surface area contributed by atoms with Crippen LogP contribution in [0.25, 0.3) is 0 Å². The first-order valence-electron chi connectivity index (χ1n) is 11.6. The van der Waals surface area contributed by atoms with Crippen molar-refractivity contribution in [3.63, 3.8) is 0 Å². The van der Waals surface area contributed by atoms with Crippen LogP contribution >= 0.6 is 34.7 Å². The van der Waals surface area contributed by atoms with E-state index in [0.717, 1.165) is 36.9 Å². The first-order chi connectivity index (χ1) is 17.3. The van der Waals surface area contributed by atoms with E-state index in [2.05, 4.69) is 20.9 Å². The fraction of sp³-hybridized carbons (Fsp3) is 0.308. The smallest absolute Gasteiger partial charge is 0.236 e. The van der Waals surface area contributed by atoms with Gasteiger partial charge in [0, 0.05) is 34.5 Å². The van der Waals surface area contributed by atoms with Gasteiger partial charge in [-0.2, -0.15) is 0 Å². The zero-order chi connectivity index (χ0) is 25.5. The molecule has 3 aromatic rings. The average molecular weight is 543 g/mol. The normalized spacial score (nSPS) is 14.3. The summed E-state index contributed by atoms with van der Waals surface area (Å²) in [6, 6.07) is 14.5. The van der Waals surface area contributed by atoms with Crippen LogP contribution in [0.2, 0.25) is 5.02 Å². The summed E-state index contributed by atoms with van der Waals surface area (Å²) in [6.45, 7) is 1.44. The van der Waals surface area contributed by atoms with Crippen molar-refractivity contribution in [2.75, 3.05) is 21.7 Å². The number of amides is 3. The number of halogens is 1. The molecule has 36 heavy (non-hydrogen) atoms. The van der Waals surface area contributed by atoms with Crippen molar-refractivity contribution < 1.29 is 14.4 Å². The number of nitrogens with one attached hydrogen (secondary N) is 3. The summed E-state index contributed by atoms with van der Waals surface area (Å²) in [6.07, 6.45) is 3.63. The van der Waals surface area contributed by atoms with Gasteiger partial charge in [-0.1, -0.05) is 36.6 Å². The van der Waals surface area contributed by atoms with Crippen molar-refractivity contribution in [1.29, 1.82) is 0 Å². The number of thioether (sulfide) groups is 1. The molecule has 0 radical (unpaired) electrons. The third-order valence-electron chi connectivity index (χ3n) is 6.03. The predicted molar refractivity (Wildman–Crippen MR) is 148 cm³/mol. The van der Waals surface area contributed by atoms with Gasteiger partial charge in [0.15, 0.2) is 5.13 Å². The lowest BCUT2D eigenvalue weighted by atomic mass is 9.78. The number of hydrogen-bond acceptors (Lipinski definition) is 6.